The van der Waals surface area contributed by atoms with Crippen molar-refractivity contribution in [1.29, 1.82) is 0 Å². The minimum absolute atomic E-state index is 0.0649. The lowest BCUT2D eigenvalue weighted by atomic mass is 10.2. The minimum atomic E-state index is -0.524. The van der Waals surface area contributed by atoms with Gasteiger partial charge in [0.05, 0.1) is 0 Å². The van der Waals surface area contributed by atoms with Gasteiger partial charge in [0, 0.05) is 11.0 Å². The number of rotatable bonds is 4. The van der Waals surface area contributed by atoms with E-state index in [-0.39, 0.29) is 24.9 Å². The number of carbonyl (C=O) groups is 3. The molecule has 0 aliphatic carbocycles. The molecule has 0 radical (unpaired) electrons. The molecule has 1 aliphatic rings. The van der Waals surface area contributed by atoms with Gasteiger partial charge in [-0.25, -0.2) is 4.79 Å². The Bertz CT molecular complexity index is 515. The van der Waals surface area contributed by atoms with Gasteiger partial charge in [-0.15, -0.1) is 0 Å². The highest BCUT2D eigenvalue weighted by Crippen LogP contribution is 2.10. The Morgan fingerprint density at radius 2 is 2.00 bits per heavy atom. The monoisotopic (exact) mass is 325 g/mol. The molecule has 100 valence electrons. The summed E-state index contributed by atoms with van der Waals surface area (Å²) in [5, 5.41) is 4.81. The first-order chi connectivity index (χ1) is 9.04. The van der Waals surface area contributed by atoms with E-state index in [1.165, 1.54) is 4.90 Å². The van der Waals surface area contributed by atoms with Crippen molar-refractivity contribution >= 4 is 33.8 Å². The number of nitrogens with zero attached hydrogens (tertiary/aromatic N) is 1. The van der Waals surface area contributed by atoms with Crippen LogP contribution < -0.4 is 10.6 Å². The largest absolute Gasteiger partial charge is 0.350 e. The number of hydrogen-bond donors (Lipinski definition) is 2. The first-order valence-corrected chi connectivity index (χ1v) is 6.44. The average Bonchev–Trinajstić information content (AvgIpc) is 2.67. The van der Waals surface area contributed by atoms with Gasteiger partial charge in [-0.3, -0.25) is 14.9 Å². The Morgan fingerprint density at radius 3 is 2.58 bits per heavy atom. The Balaban J connectivity index is 1.80. The van der Waals surface area contributed by atoms with E-state index in [1.807, 2.05) is 24.3 Å². The van der Waals surface area contributed by atoms with Gasteiger partial charge in [0.2, 0.25) is 11.8 Å². The molecule has 2 rings (SSSR count). The number of halogens is 1. The highest BCUT2D eigenvalue weighted by molar-refractivity contribution is 9.10. The van der Waals surface area contributed by atoms with Crippen molar-refractivity contribution in [3.8, 4) is 0 Å². The van der Waals surface area contributed by atoms with Gasteiger partial charge < -0.3 is 10.2 Å². The van der Waals surface area contributed by atoms with E-state index >= 15 is 0 Å². The summed E-state index contributed by atoms with van der Waals surface area (Å²) in [6.45, 7) is 0.203. The molecule has 0 aromatic heterocycles. The van der Waals surface area contributed by atoms with Crippen LogP contribution >= 0.6 is 15.9 Å². The number of hydrogen-bond acceptors (Lipinski definition) is 3. The van der Waals surface area contributed by atoms with Gasteiger partial charge in [0.25, 0.3) is 0 Å². The van der Waals surface area contributed by atoms with Gasteiger partial charge in [0.15, 0.2) is 0 Å². The predicted molar refractivity (Wildman–Crippen MR) is 71.1 cm³/mol. The Hall–Kier alpha value is -1.89. The van der Waals surface area contributed by atoms with Crippen LogP contribution in [0.3, 0.4) is 0 Å². The summed E-state index contributed by atoms with van der Waals surface area (Å²) in [7, 11) is 0. The van der Waals surface area contributed by atoms with Crippen molar-refractivity contribution < 1.29 is 14.4 Å². The van der Waals surface area contributed by atoms with E-state index in [0.717, 1.165) is 10.0 Å². The second-order valence-electron chi connectivity index (χ2n) is 4.11. The van der Waals surface area contributed by atoms with Gasteiger partial charge >= 0.3 is 6.03 Å². The van der Waals surface area contributed by atoms with E-state index in [9.17, 15) is 14.4 Å². The molecule has 0 bridgehead atoms. The molecule has 0 spiro atoms. The lowest BCUT2D eigenvalue weighted by Gasteiger charge is -2.12. The first-order valence-electron chi connectivity index (χ1n) is 5.64. The zero-order chi connectivity index (χ0) is 13.8. The molecule has 7 heteroatoms. The van der Waals surface area contributed by atoms with Crippen LogP contribution in [0, 0.1) is 0 Å². The van der Waals surface area contributed by atoms with Gasteiger partial charge in [-0.05, 0) is 17.7 Å². The van der Waals surface area contributed by atoms with E-state index in [2.05, 4.69) is 26.6 Å². The molecular formula is C12H12BrN3O3. The standard InChI is InChI=1S/C12H12BrN3O3/c13-9-3-1-8(2-4-9)5-14-10(17)6-16-7-11(18)15-12(16)19/h1-4H,5-7H2,(H,14,17)(H,15,18,19). The topological polar surface area (TPSA) is 78.5 Å². The predicted octanol–water partition coefficient (Wildman–Crippen LogP) is 0.617. The van der Waals surface area contributed by atoms with Crippen LogP contribution in [0.2, 0.25) is 0 Å². The molecule has 2 N–H and O–H groups in total. The summed E-state index contributed by atoms with van der Waals surface area (Å²) < 4.78 is 0.967. The molecule has 6 nitrogen and oxygen atoms in total. The Morgan fingerprint density at radius 1 is 1.32 bits per heavy atom. The maximum absolute atomic E-state index is 11.6. The number of urea groups is 1. The molecule has 1 fully saturated rings. The van der Waals surface area contributed by atoms with Crippen molar-refractivity contribution in [2.24, 2.45) is 0 Å². The molecule has 1 aromatic carbocycles. The van der Waals surface area contributed by atoms with Crippen LogP contribution in [0.4, 0.5) is 4.79 Å². The Labute approximate surface area is 118 Å². The van der Waals surface area contributed by atoms with Gasteiger partial charge in [0.1, 0.15) is 13.1 Å². The first kappa shape index (κ1) is 13.5. The van der Waals surface area contributed by atoms with Crippen molar-refractivity contribution in [2.75, 3.05) is 13.1 Å². The van der Waals surface area contributed by atoms with Gasteiger partial charge in [-0.2, -0.15) is 0 Å². The van der Waals surface area contributed by atoms with Crippen LogP contribution in [-0.2, 0) is 16.1 Å². The average molecular weight is 326 g/mol. The van der Waals surface area contributed by atoms with E-state index < -0.39 is 6.03 Å². The lowest BCUT2D eigenvalue weighted by molar-refractivity contribution is -0.122. The molecular weight excluding hydrogens is 314 g/mol. The fourth-order valence-corrected chi connectivity index (χ4v) is 1.91. The molecule has 0 saturated carbocycles. The van der Waals surface area contributed by atoms with Crippen molar-refractivity contribution in [1.82, 2.24) is 15.5 Å². The minimum Gasteiger partial charge on any atom is -0.350 e. The second kappa shape index (κ2) is 5.83. The summed E-state index contributed by atoms with van der Waals surface area (Å²) in [5.41, 5.74) is 0.957. The third-order valence-electron chi connectivity index (χ3n) is 2.61. The summed E-state index contributed by atoms with van der Waals surface area (Å²) >= 11 is 3.33. The molecule has 0 unspecified atom stereocenters. The van der Waals surface area contributed by atoms with Crippen molar-refractivity contribution in [3.05, 3.63) is 34.3 Å². The number of amides is 4. The van der Waals surface area contributed by atoms with Crippen LogP contribution in [0.1, 0.15) is 5.56 Å². The number of benzene rings is 1. The SMILES string of the molecule is O=C(CN1CC(=O)NC1=O)NCc1ccc(Br)cc1. The number of carbonyl (C=O) groups excluding carboxylic acids is 3. The third-order valence-corrected chi connectivity index (χ3v) is 3.13. The summed E-state index contributed by atoms with van der Waals surface area (Å²) in [4.78, 5) is 35.0. The highest BCUT2D eigenvalue weighted by Gasteiger charge is 2.27. The molecule has 1 saturated heterocycles. The number of nitrogens with one attached hydrogen (secondary N) is 2. The highest BCUT2D eigenvalue weighted by atomic mass is 79.9. The maximum Gasteiger partial charge on any atom is 0.325 e. The lowest BCUT2D eigenvalue weighted by Crippen LogP contribution is -2.38. The molecule has 0 atom stereocenters. The Kier molecular flexibility index (Phi) is 4.16. The molecule has 4 amide bonds. The van der Waals surface area contributed by atoms with Crippen molar-refractivity contribution in [2.45, 2.75) is 6.54 Å². The fraction of sp³-hybridized carbons (Fsp3) is 0.250. The van der Waals surface area contributed by atoms with E-state index in [0.29, 0.717) is 6.54 Å². The maximum atomic E-state index is 11.6. The van der Waals surface area contributed by atoms with Crippen LogP contribution in [0.15, 0.2) is 28.7 Å². The summed E-state index contributed by atoms with van der Waals surface area (Å²) in [5.74, 6) is -0.682. The van der Waals surface area contributed by atoms with Gasteiger partial charge in [-0.1, -0.05) is 28.1 Å². The fourth-order valence-electron chi connectivity index (χ4n) is 1.64. The van der Waals surface area contributed by atoms with Crippen molar-refractivity contribution in [3.63, 3.8) is 0 Å². The normalized spacial score (nSPS) is 14.5. The molecule has 1 heterocycles. The molecule has 1 aromatic rings. The summed E-state index contributed by atoms with van der Waals surface area (Å²) in [6.07, 6.45) is 0. The van der Waals surface area contributed by atoms with Crippen LogP contribution in [-0.4, -0.2) is 35.8 Å². The number of imide groups is 1. The smallest absolute Gasteiger partial charge is 0.325 e. The third kappa shape index (κ3) is 3.78. The summed E-state index contributed by atoms with van der Waals surface area (Å²) in [6, 6.07) is 7.01. The van der Waals surface area contributed by atoms with Crippen LogP contribution in [0.5, 0.6) is 0 Å². The molecule has 1 aliphatic heterocycles. The zero-order valence-corrected chi connectivity index (χ0v) is 11.6. The quantitative estimate of drug-likeness (QED) is 0.796. The second-order valence-corrected chi connectivity index (χ2v) is 5.03. The van der Waals surface area contributed by atoms with Crippen LogP contribution in [0.25, 0.3) is 0 Å². The zero-order valence-electron chi connectivity index (χ0n) is 9.98. The van der Waals surface area contributed by atoms with E-state index in [4.69, 9.17) is 0 Å². The molecule has 19 heavy (non-hydrogen) atoms. The van der Waals surface area contributed by atoms with E-state index in [1.54, 1.807) is 0 Å².